The highest BCUT2D eigenvalue weighted by molar-refractivity contribution is 7.09. The molecule has 0 saturated carbocycles. The molecular weight excluding hydrogens is 276 g/mol. The van der Waals surface area contributed by atoms with Crippen LogP contribution >= 0.6 is 11.3 Å². The Balaban J connectivity index is 2.71. The Morgan fingerprint density at radius 2 is 2.10 bits per heavy atom. The van der Waals surface area contributed by atoms with Gasteiger partial charge >= 0.3 is 5.97 Å². The van der Waals surface area contributed by atoms with E-state index < -0.39 is 17.3 Å². The fourth-order valence-corrected chi connectivity index (χ4v) is 2.46. The van der Waals surface area contributed by atoms with E-state index in [4.69, 9.17) is 4.74 Å². The van der Waals surface area contributed by atoms with Gasteiger partial charge in [0, 0.05) is 5.38 Å². The van der Waals surface area contributed by atoms with Gasteiger partial charge in [-0.25, -0.2) is 4.98 Å². The first kappa shape index (κ1) is 16.6. The van der Waals surface area contributed by atoms with Crippen LogP contribution in [0.5, 0.6) is 0 Å². The predicted octanol–water partition coefficient (Wildman–Crippen LogP) is 2.29. The zero-order valence-electron chi connectivity index (χ0n) is 12.6. The molecule has 1 aromatic heterocycles. The van der Waals surface area contributed by atoms with Crippen molar-refractivity contribution >= 4 is 23.2 Å². The molecule has 1 amide bonds. The number of aryl methyl sites for hydroxylation is 1. The van der Waals surface area contributed by atoms with Crippen molar-refractivity contribution in [1.29, 1.82) is 0 Å². The monoisotopic (exact) mass is 298 g/mol. The molecule has 1 heterocycles. The maximum Gasteiger partial charge on any atom is 0.319 e. The molecule has 6 heteroatoms. The van der Waals surface area contributed by atoms with Gasteiger partial charge in [0.05, 0.1) is 23.9 Å². The summed E-state index contributed by atoms with van der Waals surface area (Å²) in [6, 6.07) is 0. The molecule has 1 aromatic rings. The van der Waals surface area contributed by atoms with Crippen LogP contribution in [-0.4, -0.2) is 23.5 Å². The van der Waals surface area contributed by atoms with Crippen LogP contribution in [0.2, 0.25) is 0 Å². The van der Waals surface area contributed by atoms with Crippen molar-refractivity contribution < 1.29 is 14.3 Å². The van der Waals surface area contributed by atoms with Gasteiger partial charge in [-0.15, -0.1) is 11.3 Å². The summed E-state index contributed by atoms with van der Waals surface area (Å²) < 4.78 is 4.99. The largest absolute Gasteiger partial charge is 0.465 e. The average molecular weight is 298 g/mol. The number of hydrogen-bond donors (Lipinski definition) is 1. The number of nitrogens with one attached hydrogen (secondary N) is 1. The second kappa shape index (κ2) is 6.83. The summed E-state index contributed by atoms with van der Waals surface area (Å²) in [5.41, 5.74) is 0.311. The minimum absolute atomic E-state index is 0.268. The van der Waals surface area contributed by atoms with Crippen molar-refractivity contribution in [2.75, 3.05) is 6.61 Å². The van der Waals surface area contributed by atoms with E-state index in [-0.39, 0.29) is 12.5 Å². The summed E-state index contributed by atoms with van der Waals surface area (Å²) in [6.45, 7) is 9.78. The standard InChI is InChI=1S/C14H22N2O3S/c1-6-19-13(18)11(14(3,4)5)12(17)15-7-10-8-20-9(2)16-10/h8,11H,6-7H2,1-5H3,(H,15,17). The van der Waals surface area contributed by atoms with Gasteiger partial charge in [0.2, 0.25) is 5.91 Å². The number of thiazole rings is 1. The van der Waals surface area contributed by atoms with Crippen LogP contribution < -0.4 is 5.32 Å². The molecule has 0 aliphatic heterocycles. The van der Waals surface area contributed by atoms with E-state index in [1.54, 1.807) is 6.92 Å². The number of aromatic nitrogens is 1. The minimum Gasteiger partial charge on any atom is -0.465 e. The number of carbonyl (C=O) groups excluding carboxylic acids is 2. The van der Waals surface area contributed by atoms with Crippen LogP contribution in [0.15, 0.2) is 5.38 Å². The number of hydrogen-bond acceptors (Lipinski definition) is 5. The van der Waals surface area contributed by atoms with E-state index in [0.29, 0.717) is 6.54 Å². The lowest BCUT2D eigenvalue weighted by Crippen LogP contribution is -2.43. The Bertz CT molecular complexity index is 477. The van der Waals surface area contributed by atoms with E-state index in [2.05, 4.69) is 10.3 Å². The number of carbonyl (C=O) groups is 2. The van der Waals surface area contributed by atoms with Crippen LogP contribution in [0.25, 0.3) is 0 Å². The van der Waals surface area contributed by atoms with Crippen LogP contribution in [0.3, 0.4) is 0 Å². The Kier molecular flexibility index (Phi) is 5.68. The summed E-state index contributed by atoms with van der Waals surface area (Å²) in [6.07, 6.45) is 0. The molecule has 1 unspecified atom stereocenters. The molecule has 0 fully saturated rings. The summed E-state index contributed by atoms with van der Waals surface area (Å²) in [4.78, 5) is 28.5. The van der Waals surface area contributed by atoms with Crippen molar-refractivity contribution in [2.24, 2.45) is 11.3 Å². The van der Waals surface area contributed by atoms with Gasteiger partial charge in [-0.3, -0.25) is 9.59 Å². The third-order valence-electron chi connectivity index (χ3n) is 2.76. The first-order valence-electron chi connectivity index (χ1n) is 6.61. The SMILES string of the molecule is CCOC(=O)C(C(=O)NCc1csc(C)n1)C(C)(C)C. The highest BCUT2D eigenvalue weighted by atomic mass is 32.1. The fourth-order valence-electron chi connectivity index (χ4n) is 1.85. The summed E-state index contributed by atoms with van der Waals surface area (Å²) in [7, 11) is 0. The number of nitrogens with zero attached hydrogens (tertiary/aromatic N) is 1. The zero-order valence-corrected chi connectivity index (χ0v) is 13.5. The Hall–Kier alpha value is -1.43. The van der Waals surface area contributed by atoms with Gasteiger partial charge in [-0.1, -0.05) is 20.8 Å². The molecule has 1 N–H and O–H groups in total. The molecule has 112 valence electrons. The van der Waals surface area contributed by atoms with Gasteiger partial charge in [0.1, 0.15) is 5.92 Å². The van der Waals surface area contributed by atoms with Crippen LogP contribution in [-0.2, 0) is 20.9 Å². The Morgan fingerprint density at radius 3 is 2.55 bits per heavy atom. The van der Waals surface area contributed by atoms with Gasteiger partial charge < -0.3 is 10.1 Å². The summed E-state index contributed by atoms with van der Waals surface area (Å²) in [5.74, 6) is -1.62. The molecule has 0 radical (unpaired) electrons. The summed E-state index contributed by atoms with van der Waals surface area (Å²) in [5, 5.41) is 5.61. The topological polar surface area (TPSA) is 68.3 Å². The lowest BCUT2D eigenvalue weighted by molar-refractivity contribution is -0.156. The number of rotatable bonds is 5. The molecule has 0 bridgehead atoms. The third kappa shape index (κ3) is 4.59. The second-order valence-corrected chi connectivity index (χ2v) is 6.69. The number of ether oxygens (including phenoxy) is 1. The maximum absolute atomic E-state index is 12.2. The molecule has 0 aliphatic carbocycles. The van der Waals surface area contributed by atoms with E-state index in [1.807, 2.05) is 33.1 Å². The van der Waals surface area contributed by atoms with E-state index >= 15 is 0 Å². The second-order valence-electron chi connectivity index (χ2n) is 5.63. The van der Waals surface area contributed by atoms with Crippen LogP contribution in [0, 0.1) is 18.3 Å². The average Bonchev–Trinajstić information content (AvgIpc) is 2.71. The van der Waals surface area contributed by atoms with E-state index in [9.17, 15) is 9.59 Å². The highest BCUT2D eigenvalue weighted by Crippen LogP contribution is 2.27. The molecule has 0 spiro atoms. The van der Waals surface area contributed by atoms with Crippen molar-refractivity contribution in [2.45, 2.75) is 41.2 Å². The zero-order chi connectivity index (χ0) is 15.3. The lowest BCUT2D eigenvalue weighted by Gasteiger charge is -2.27. The first-order valence-corrected chi connectivity index (χ1v) is 7.49. The molecule has 0 aliphatic rings. The van der Waals surface area contributed by atoms with Gasteiger partial charge in [-0.05, 0) is 19.3 Å². The molecular formula is C14H22N2O3S. The van der Waals surface area contributed by atoms with Crippen molar-refractivity contribution in [1.82, 2.24) is 10.3 Å². The van der Waals surface area contributed by atoms with Gasteiger partial charge in [0.15, 0.2) is 0 Å². The lowest BCUT2D eigenvalue weighted by atomic mass is 9.80. The number of esters is 1. The van der Waals surface area contributed by atoms with Gasteiger partial charge in [0.25, 0.3) is 0 Å². The fraction of sp³-hybridized carbons (Fsp3) is 0.643. The Morgan fingerprint density at radius 1 is 1.45 bits per heavy atom. The molecule has 1 atom stereocenters. The minimum atomic E-state index is -0.817. The predicted molar refractivity (Wildman–Crippen MR) is 78.3 cm³/mol. The third-order valence-corrected chi connectivity index (χ3v) is 3.58. The smallest absolute Gasteiger partial charge is 0.319 e. The molecule has 5 nitrogen and oxygen atoms in total. The van der Waals surface area contributed by atoms with Crippen molar-refractivity contribution in [3.8, 4) is 0 Å². The quantitative estimate of drug-likeness (QED) is 0.669. The first-order chi connectivity index (χ1) is 9.25. The van der Waals surface area contributed by atoms with Gasteiger partial charge in [-0.2, -0.15) is 0 Å². The normalized spacial score (nSPS) is 12.8. The summed E-state index contributed by atoms with van der Waals surface area (Å²) >= 11 is 1.53. The molecule has 20 heavy (non-hydrogen) atoms. The van der Waals surface area contributed by atoms with Crippen LogP contribution in [0.1, 0.15) is 38.4 Å². The molecule has 1 rings (SSSR count). The number of amides is 1. The van der Waals surface area contributed by atoms with E-state index in [1.165, 1.54) is 11.3 Å². The van der Waals surface area contributed by atoms with Crippen molar-refractivity contribution in [3.63, 3.8) is 0 Å². The van der Waals surface area contributed by atoms with E-state index in [0.717, 1.165) is 10.7 Å². The maximum atomic E-state index is 12.2. The molecule has 0 aromatic carbocycles. The molecule has 0 saturated heterocycles. The van der Waals surface area contributed by atoms with Crippen molar-refractivity contribution in [3.05, 3.63) is 16.1 Å². The van der Waals surface area contributed by atoms with Crippen LogP contribution in [0.4, 0.5) is 0 Å². The Labute approximate surface area is 123 Å². The highest BCUT2D eigenvalue weighted by Gasteiger charge is 2.38.